The summed E-state index contributed by atoms with van der Waals surface area (Å²) >= 11 is 0. The molecule has 0 heterocycles. The van der Waals surface area contributed by atoms with E-state index in [-0.39, 0.29) is 18.0 Å². The topological polar surface area (TPSA) is 95.1 Å². The number of carbonyl (C=O) groups is 2. The third kappa shape index (κ3) is 5.21. The van der Waals surface area contributed by atoms with Crippen LogP contribution in [0.3, 0.4) is 0 Å². The van der Waals surface area contributed by atoms with Crippen molar-refractivity contribution in [3.8, 4) is 23.0 Å². The molecule has 2 N–H and O–H groups in total. The third-order valence-electron chi connectivity index (χ3n) is 4.94. The maximum Gasteiger partial charge on any atom is 0.251 e. The molecule has 168 valence electrons. The van der Waals surface area contributed by atoms with Gasteiger partial charge in [0.2, 0.25) is 11.7 Å². The first-order valence-corrected chi connectivity index (χ1v) is 9.90. The van der Waals surface area contributed by atoms with Gasteiger partial charge in [0.25, 0.3) is 5.91 Å². The average molecular weight is 438 g/mol. The van der Waals surface area contributed by atoms with E-state index < -0.39 is 5.91 Å². The first-order chi connectivity index (χ1) is 15.5. The van der Waals surface area contributed by atoms with Crippen molar-refractivity contribution in [2.45, 2.75) is 6.54 Å². The second-order valence-corrected chi connectivity index (χ2v) is 6.92. The highest BCUT2D eigenvalue weighted by atomic mass is 16.5. The Labute approximate surface area is 186 Å². The predicted octanol–water partition coefficient (Wildman–Crippen LogP) is 2.92. The molecule has 0 radical (unpaired) electrons. The molecular formula is C24H26N2O6. The van der Waals surface area contributed by atoms with Crippen LogP contribution in [-0.4, -0.2) is 46.8 Å². The number of methoxy groups -OCH3 is 4. The molecule has 3 rings (SSSR count). The number of hydrogen-bond acceptors (Lipinski definition) is 6. The van der Waals surface area contributed by atoms with Crippen LogP contribution in [0.2, 0.25) is 0 Å². The number of benzene rings is 3. The van der Waals surface area contributed by atoms with Gasteiger partial charge in [0, 0.05) is 12.1 Å². The van der Waals surface area contributed by atoms with Gasteiger partial charge in [-0.3, -0.25) is 9.59 Å². The summed E-state index contributed by atoms with van der Waals surface area (Å²) in [6, 6.07) is 14.8. The van der Waals surface area contributed by atoms with E-state index in [1.54, 1.807) is 7.11 Å². The van der Waals surface area contributed by atoms with E-state index in [1.165, 1.54) is 33.5 Å². The second-order valence-electron chi connectivity index (χ2n) is 6.92. The van der Waals surface area contributed by atoms with E-state index in [0.717, 1.165) is 22.1 Å². The van der Waals surface area contributed by atoms with Gasteiger partial charge in [0.1, 0.15) is 5.75 Å². The summed E-state index contributed by atoms with van der Waals surface area (Å²) in [6.07, 6.45) is 0. The van der Waals surface area contributed by atoms with E-state index in [1.807, 2.05) is 36.4 Å². The molecule has 8 heteroatoms. The normalized spacial score (nSPS) is 10.4. The minimum absolute atomic E-state index is 0.166. The number of rotatable bonds is 9. The fourth-order valence-corrected chi connectivity index (χ4v) is 3.25. The first kappa shape index (κ1) is 22.7. The molecule has 0 saturated carbocycles. The Hall–Kier alpha value is -3.94. The lowest BCUT2D eigenvalue weighted by atomic mass is 10.1. The van der Waals surface area contributed by atoms with Crippen LogP contribution < -0.4 is 29.6 Å². The number of ether oxygens (including phenoxy) is 4. The molecule has 3 aromatic carbocycles. The fourth-order valence-electron chi connectivity index (χ4n) is 3.25. The summed E-state index contributed by atoms with van der Waals surface area (Å²) in [4.78, 5) is 24.7. The van der Waals surface area contributed by atoms with Crippen molar-refractivity contribution in [1.29, 1.82) is 0 Å². The second kappa shape index (κ2) is 10.4. The van der Waals surface area contributed by atoms with Crippen LogP contribution in [0, 0.1) is 0 Å². The third-order valence-corrected chi connectivity index (χ3v) is 4.94. The van der Waals surface area contributed by atoms with Gasteiger partial charge in [0.15, 0.2) is 11.5 Å². The highest BCUT2D eigenvalue weighted by Gasteiger charge is 2.17. The first-order valence-electron chi connectivity index (χ1n) is 9.90. The van der Waals surface area contributed by atoms with E-state index in [0.29, 0.717) is 23.8 Å². The maximum atomic E-state index is 12.5. The molecule has 0 saturated heterocycles. The number of amides is 2. The molecule has 0 unspecified atom stereocenters. The van der Waals surface area contributed by atoms with Gasteiger partial charge in [-0.2, -0.15) is 0 Å². The Morgan fingerprint density at radius 2 is 1.41 bits per heavy atom. The van der Waals surface area contributed by atoms with Gasteiger partial charge in [-0.15, -0.1) is 0 Å². The number of fused-ring (bicyclic) bond motifs is 1. The molecule has 8 nitrogen and oxygen atoms in total. The number of carbonyl (C=O) groups excluding carboxylic acids is 2. The maximum absolute atomic E-state index is 12.5. The summed E-state index contributed by atoms with van der Waals surface area (Å²) in [5.41, 5.74) is 1.24. The zero-order valence-corrected chi connectivity index (χ0v) is 18.5. The summed E-state index contributed by atoms with van der Waals surface area (Å²) in [7, 11) is 6.05. The van der Waals surface area contributed by atoms with Crippen LogP contribution in [0.1, 0.15) is 15.9 Å². The van der Waals surface area contributed by atoms with Gasteiger partial charge in [-0.05, 0) is 46.7 Å². The van der Waals surface area contributed by atoms with Crippen LogP contribution in [0.25, 0.3) is 10.8 Å². The van der Waals surface area contributed by atoms with Gasteiger partial charge in [-0.25, -0.2) is 0 Å². The van der Waals surface area contributed by atoms with Gasteiger partial charge >= 0.3 is 0 Å². The molecule has 0 atom stereocenters. The van der Waals surface area contributed by atoms with E-state index >= 15 is 0 Å². The lowest BCUT2D eigenvalue weighted by Crippen LogP contribution is -2.36. The van der Waals surface area contributed by atoms with Gasteiger partial charge < -0.3 is 29.6 Å². The predicted molar refractivity (Wildman–Crippen MR) is 121 cm³/mol. The largest absolute Gasteiger partial charge is 0.497 e. The minimum atomic E-state index is -0.431. The number of nitrogens with one attached hydrogen (secondary N) is 2. The Bertz CT molecular complexity index is 1100. The lowest BCUT2D eigenvalue weighted by Gasteiger charge is -2.14. The van der Waals surface area contributed by atoms with Crippen molar-refractivity contribution in [2.24, 2.45) is 0 Å². The fraction of sp³-hybridized carbons (Fsp3) is 0.250. The van der Waals surface area contributed by atoms with E-state index in [2.05, 4.69) is 10.6 Å². The molecule has 0 aliphatic heterocycles. The van der Waals surface area contributed by atoms with Crippen molar-refractivity contribution in [2.75, 3.05) is 35.0 Å². The zero-order chi connectivity index (χ0) is 23.1. The van der Waals surface area contributed by atoms with Crippen molar-refractivity contribution in [1.82, 2.24) is 10.6 Å². The van der Waals surface area contributed by atoms with Crippen LogP contribution in [0.4, 0.5) is 0 Å². The Morgan fingerprint density at radius 3 is 2.03 bits per heavy atom. The van der Waals surface area contributed by atoms with Crippen molar-refractivity contribution in [3.05, 3.63) is 59.7 Å². The van der Waals surface area contributed by atoms with Crippen LogP contribution in [0.15, 0.2) is 48.5 Å². The summed E-state index contributed by atoms with van der Waals surface area (Å²) < 4.78 is 21.0. The van der Waals surface area contributed by atoms with Gasteiger partial charge in [-0.1, -0.05) is 18.2 Å². The van der Waals surface area contributed by atoms with Crippen LogP contribution >= 0.6 is 0 Å². The molecule has 0 aliphatic carbocycles. The van der Waals surface area contributed by atoms with Crippen molar-refractivity contribution < 1.29 is 28.5 Å². The van der Waals surface area contributed by atoms with Gasteiger partial charge in [0.05, 0.1) is 35.0 Å². The highest BCUT2D eigenvalue weighted by molar-refractivity contribution is 5.97. The number of hydrogen-bond donors (Lipinski definition) is 2. The summed E-state index contributed by atoms with van der Waals surface area (Å²) in [5, 5.41) is 7.51. The SMILES string of the molecule is COc1ccc2cc(CNC(=O)CNC(=O)c3cc(OC)c(OC)c(OC)c3)ccc2c1. The average Bonchev–Trinajstić information content (AvgIpc) is 2.84. The molecule has 32 heavy (non-hydrogen) atoms. The molecule has 0 bridgehead atoms. The Kier molecular flexibility index (Phi) is 7.38. The molecule has 0 spiro atoms. The molecule has 0 aromatic heterocycles. The minimum Gasteiger partial charge on any atom is -0.497 e. The highest BCUT2D eigenvalue weighted by Crippen LogP contribution is 2.38. The standard InChI is InChI=1S/C24H26N2O6/c1-29-19-8-7-16-9-15(5-6-17(16)10-19)13-25-22(27)14-26-24(28)18-11-20(30-2)23(32-4)21(12-18)31-3/h5-12H,13-14H2,1-4H3,(H,25,27)(H,26,28). The monoisotopic (exact) mass is 438 g/mol. The van der Waals surface area contributed by atoms with E-state index in [9.17, 15) is 9.59 Å². The molecule has 0 fully saturated rings. The van der Waals surface area contributed by atoms with Crippen LogP contribution in [-0.2, 0) is 11.3 Å². The molecule has 0 aliphatic rings. The van der Waals surface area contributed by atoms with E-state index in [4.69, 9.17) is 18.9 Å². The molecule has 3 aromatic rings. The molecular weight excluding hydrogens is 412 g/mol. The smallest absolute Gasteiger partial charge is 0.251 e. The van der Waals surface area contributed by atoms with Crippen LogP contribution in [0.5, 0.6) is 23.0 Å². The van der Waals surface area contributed by atoms with Crippen molar-refractivity contribution >= 4 is 22.6 Å². The van der Waals surface area contributed by atoms with Crippen molar-refractivity contribution in [3.63, 3.8) is 0 Å². The Morgan fingerprint density at radius 1 is 0.750 bits per heavy atom. The summed E-state index contributed by atoms with van der Waals surface area (Å²) in [5.74, 6) is 1.16. The Balaban J connectivity index is 1.58. The summed E-state index contributed by atoms with van der Waals surface area (Å²) in [6.45, 7) is 0.182. The molecule has 2 amide bonds. The quantitative estimate of drug-likeness (QED) is 0.534. The lowest BCUT2D eigenvalue weighted by molar-refractivity contribution is -0.120. The zero-order valence-electron chi connectivity index (χ0n) is 18.5.